The summed E-state index contributed by atoms with van der Waals surface area (Å²) in [5.41, 5.74) is 1.43. The molecule has 0 radical (unpaired) electrons. The maximum atomic E-state index is 13.4. The lowest BCUT2D eigenvalue weighted by atomic mass is 9.99. The van der Waals surface area contributed by atoms with Gasteiger partial charge in [-0.1, -0.05) is 54.6 Å². The van der Waals surface area contributed by atoms with Crippen LogP contribution >= 0.6 is 0 Å². The fraction of sp³-hybridized carbons (Fsp3) is 0.125. The van der Waals surface area contributed by atoms with E-state index in [2.05, 4.69) is 5.32 Å². The van der Waals surface area contributed by atoms with Gasteiger partial charge in [0.05, 0.1) is 7.11 Å². The van der Waals surface area contributed by atoms with Crippen molar-refractivity contribution in [3.05, 3.63) is 107 Å². The van der Waals surface area contributed by atoms with Crippen molar-refractivity contribution in [3.8, 4) is 0 Å². The van der Waals surface area contributed by atoms with Gasteiger partial charge in [-0.15, -0.1) is 0 Å². The van der Waals surface area contributed by atoms with E-state index in [-0.39, 0.29) is 17.8 Å². The summed E-state index contributed by atoms with van der Waals surface area (Å²) < 4.78 is 31.5. The van der Waals surface area contributed by atoms with Crippen LogP contribution in [0.3, 0.4) is 0 Å². The Morgan fingerprint density at radius 3 is 2.00 bits per heavy atom. The van der Waals surface area contributed by atoms with E-state index in [0.717, 1.165) is 12.1 Å². The number of benzene rings is 3. The first-order chi connectivity index (χ1) is 14.9. The minimum Gasteiger partial charge on any atom is -0.467 e. The van der Waals surface area contributed by atoms with Crippen LogP contribution in [-0.2, 0) is 16.0 Å². The molecule has 0 heterocycles. The normalized spacial score (nSPS) is 11.5. The molecule has 0 saturated heterocycles. The molecular formula is C24H19F2NO4. The van der Waals surface area contributed by atoms with Crippen molar-refractivity contribution < 1.29 is 27.9 Å². The van der Waals surface area contributed by atoms with Crippen LogP contribution in [0.5, 0.6) is 0 Å². The zero-order chi connectivity index (χ0) is 22.4. The number of hydrogen-bond acceptors (Lipinski definition) is 4. The number of halogens is 2. The van der Waals surface area contributed by atoms with Crippen LogP contribution in [0.15, 0.2) is 72.8 Å². The molecule has 0 fully saturated rings. The quantitative estimate of drug-likeness (QED) is 0.465. The summed E-state index contributed by atoms with van der Waals surface area (Å²) in [5, 5.41) is 2.44. The van der Waals surface area contributed by atoms with Gasteiger partial charge >= 0.3 is 5.97 Å². The Bertz CT molecular complexity index is 1080. The molecule has 0 bridgehead atoms. The summed E-state index contributed by atoms with van der Waals surface area (Å²) in [4.78, 5) is 37.0. The van der Waals surface area contributed by atoms with Crippen molar-refractivity contribution in [1.29, 1.82) is 0 Å². The molecule has 0 saturated carbocycles. The number of carbonyl (C=O) groups excluding carboxylic acids is 3. The topological polar surface area (TPSA) is 72.5 Å². The monoisotopic (exact) mass is 423 g/mol. The summed E-state index contributed by atoms with van der Waals surface area (Å²) in [6, 6.07) is 16.7. The SMILES string of the molecule is COC(=O)[C@@H](Cc1ccc(C(=O)c2ccccc2)cc1)NC(=O)c1cc(F)cc(F)c1. The first-order valence-electron chi connectivity index (χ1n) is 9.41. The standard InChI is InChI=1S/C24H19F2NO4/c1-31-24(30)21(27-23(29)18-12-19(25)14-20(26)13-18)11-15-7-9-17(10-8-15)22(28)16-5-3-2-4-6-16/h2-10,12-14,21H,11H2,1H3,(H,27,29)/t21-/m1/s1. The van der Waals surface area contributed by atoms with Gasteiger partial charge < -0.3 is 10.1 Å². The molecule has 1 amide bonds. The Kier molecular flexibility index (Phi) is 6.87. The fourth-order valence-electron chi connectivity index (χ4n) is 3.05. The number of ketones is 1. The van der Waals surface area contributed by atoms with Gasteiger partial charge in [-0.05, 0) is 17.7 Å². The third-order valence-corrected chi connectivity index (χ3v) is 4.61. The molecule has 3 aromatic carbocycles. The zero-order valence-electron chi connectivity index (χ0n) is 16.6. The van der Waals surface area contributed by atoms with E-state index in [4.69, 9.17) is 4.74 Å². The molecule has 0 spiro atoms. The van der Waals surface area contributed by atoms with Gasteiger partial charge in [0, 0.05) is 29.2 Å². The average molecular weight is 423 g/mol. The van der Waals surface area contributed by atoms with Crippen molar-refractivity contribution in [3.63, 3.8) is 0 Å². The van der Waals surface area contributed by atoms with Gasteiger partial charge in [0.1, 0.15) is 17.7 Å². The lowest BCUT2D eigenvalue weighted by Crippen LogP contribution is -2.43. The number of esters is 1. The van der Waals surface area contributed by atoms with E-state index in [0.29, 0.717) is 22.8 Å². The number of hydrogen-bond donors (Lipinski definition) is 1. The summed E-state index contributed by atoms with van der Waals surface area (Å²) in [6.07, 6.45) is 0.0655. The lowest BCUT2D eigenvalue weighted by molar-refractivity contribution is -0.142. The summed E-state index contributed by atoms with van der Waals surface area (Å²) >= 11 is 0. The second kappa shape index (κ2) is 9.75. The first kappa shape index (κ1) is 21.8. The third kappa shape index (κ3) is 5.60. The Hall–Kier alpha value is -3.87. The maximum Gasteiger partial charge on any atom is 0.328 e. The molecule has 7 heteroatoms. The van der Waals surface area contributed by atoms with E-state index in [9.17, 15) is 23.2 Å². The zero-order valence-corrected chi connectivity index (χ0v) is 16.6. The first-order valence-corrected chi connectivity index (χ1v) is 9.41. The van der Waals surface area contributed by atoms with Crippen molar-refractivity contribution >= 4 is 17.7 Å². The summed E-state index contributed by atoms with van der Waals surface area (Å²) in [5.74, 6) is -3.48. The summed E-state index contributed by atoms with van der Waals surface area (Å²) in [6.45, 7) is 0. The highest BCUT2D eigenvalue weighted by Crippen LogP contribution is 2.14. The Labute approximate surface area is 177 Å². The number of methoxy groups -OCH3 is 1. The molecule has 31 heavy (non-hydrogen) atoms. The van der Waals surface area contributed by atoms with Gasteiger partial charge in [-0.25, -0.2) is 13.6 Å². The van der Waals surface area contributed by atoms with Crippen LogP contribution in [0.1, 0.15) is 31.8 Å². The van der Waals surface area contributed by atoms with Gasteiger partial charge in [0.15, 0.2) is 5.78 Å². The molecular weight excluding hydrogens is 404 g/mol. The number of nitrogens with one attached hydrogen (secondary N) is 1. The number of ether oxygens (including phenoxy) is 1. The van der Waals surface area contributed by atoms with Crippen molar-refractivity contribution in [2.45, 2.75) is 12.5 Å². The Morgan fingerprint density at radius 1 is 0.839 bits per heavy atom. The second-order valence-electron chi connectivity index (χ2n) is 6.80. The van der Waals surface area contributed by atoms with Crippen molar-refractivity contribution in [2.75, 3.05) is 7.11 Å². The van der Waals surface area contributed by atoms with E-state index in [1.807, 2.05) is 6.07 Å². The smallest absolute Gasteiger partial charge is 0.328 e. The average Bonchev–Trinajstić information content (AvgIpc) is 2.78. The predicted octanol–water partition coefficient (Wildman–Crippen LogP) is 3.71. The second-order valence-corrected chi connectivity index (χ2v) is 6.80. The van der Waals surface area contributed by atoms with Gasteiger partial charge in [0.25, 0.3) is 5.91 Å². The highest BCUT2D eigenvalue weighted by atomic mass is 19.1. The minimum atomic E-state index is -1.08. The molecule has 0 unspecified atom stereocenters. The number of amides is 1. The van der Waals surface area contributed by atoms with E-state index in [1.165, 1.54) is 7.11 Å². The molecule has 0 aromatic heterocycles. The van der Waals surface area contributed by atoms with E-state index < -0.39 is 29.6 Å². The van der Waals surface area contributed by atoms with Crippen LogP contribution in [0.2, 0.25) is 0 Å². The predicted molar refractivity (Wildman–Crippen MR) is 110 cm³/mol. The molecule has 1 atom stereocenters. The van der Waals surface area contributed by atoms with Gasteiger partial charge in [-0.2, -0.15) is 0 Å². The number of rotatable bonds is 7. The molecule has 0 aliphatic heterocycles. The van der Waals surface area contributed by atoms with E-state index in [1.54, 1.807) is 48.5 Å². The van der Waals surface area contributed by atoms with Gasteiger partial charge in [-0.3, -0.25) is 9.59 Å². The lowest BCUT2D eigenvalue weighted by Gasteiger charge is -2.17. The molecule has 158 valence electrons. The Balaban J connectivity index is 1.74. The highest BCUT2D eigenvalue weighted by Gasteiger charge is 2.23. The molecule has 5 nitrogen and oxygen atoms in total. The highest BCUT2D eigenvalue weighted by molar-refractivity contribution is 6.08. The van der Waals surface area contributed by atoms with Gasteiger partial charge in [0.2, 0.25) is 0 Å². The minimum absolute atomic E-state index is 0.0655. The molecule has 0 aliphatic carbocycles. The Morgan fingerprint density at radius 2 is 1.42 bits per heavy atom. The van der Waals surface area contributed by atoms with Crippen LogP contribution in [0, 0.1) is 11.6 Å². The molecule has 1 N–H and O–H groups in total. The third-order valence-electron chi connectivity index (χ3n) is 4.61. The largest absolute Gasteiger partial charge is 0.467 e. The fourth-order valence-corrected chi connectivity index (χ4v) is 3.05. The molecule has 0 aliphatic rings. The number of carbonyl (C=O) groups is 3. The maximum absolute atomic E-state index is 13.4. The van der Waals surface area contributed by atoms with Crippen molar-refractivity contribution in [1.82, 2.24) is 5.32 Å². The van der Waals surface area contributed by atoms with E-state index >= 15 is 0 Å². The summed E-state index contributed by atoms with van der Waals surface area (Å²) in [7, 11) is 1.17. The van der Waals surface area contributed by atoms with Crippen LogP contribution in [0.25, 0.3) is 0 Å². The molecule has 3 rings (SSSR count). The van der Waals surface area contributed by atoms with Crippen LogP contribution < -0.4 is 5.32 Å². The van der Waals surface area contributed by atoms with Crippen LogP contribution in [0.4, 0.5) is 8.78 Å². The van der Waals surface area contributed by atoms with Crippen LogP contribution in [-0.4, -0.2) is 30.8 Å². The molecule has 3 aromatic rings. The van der Waals surface area contributed by atoms with Crippen molar-refractivity contribution in [2.24, 2.45) is 0 Å².